The second-order valence-corrected chi connectivity index (χ2v) is 7.85. The van der Waals surface area contributed by atoms with Crippen LogP contribution in [-0.2, 0) is 14.4 Å². The van der Waals surface area contributed by atoms with Gasteiger partial charge in [-0.15, -0.1) is 0 Å². The molecular formula is C21H20ClN5O4. The summed E-state index contributed by atoms with van der Waals surface area (Å²) in [5.41, 5.74) is 2.99. The fraction of sp³-hybridized carbons (Fsp3) is 0.286. The van der Waals surface area contributed by atoms with E-state index in [2.05, 4.69) is 15.7 Å². The number of carbonyl (C=O) groups is 3. The van der Waals surface area contributed by atoms with Gasteiger partial charge in [0.25, 0.3) is 11.8 Å². The van der Waals surface area contributed by atoms with E-state index >= 15 is 0 Å². The standard InChI is InChI=1S/C21H20ClN5O4/c1-11-6-12(2)8-13(7-11)23-17(28)10-26-19-18(24-25-26)20(29)27(21(19)30)14-4-5-16(31-3)15(22)9-14/h4-9,18-19H,10H2,1-3H3,(H,23,28)/t18-,19+/m0/s1. The van der Waals surface area contributed by atoms with Crippen LogP contribution >= 0.6 is 11.6 Å². The number of nitrogens with one attached hydrogen (secondary N) is 1. The van der Waals surface area contributed by atoms with Crippen LogP contribution in [0.15, 0.2) is 46.7 Å². The van der Waals surface area contributed by atoms with Crippen LogP contribution in [0.25, 0.3) is 0 Å². The third-order valence-electron chi connectivity index (χ3n) is 5.06. The van der Waals surface area contributed by atoms with Crippen LogP contribution in [0.4, 0.5) is 11.4 Å². The number of carbonyl (C=O) groups excluding carboxylic acids is 3. The Morgan fingerprint density at radius 3 is 2.48 bits per heavy atom. The minimum atomic E-state index is -0.998. The average Bonchev–Trinajstić information content (AvgIpc) is 3.20. The molecule has 31 heavy (non-hydrogen) atoms. The minimum Gasteiger partial charge on any atom is -0.495 e. The van der Waals surface area contributed by atoms with Crippen molar-refractivity contribution in [2.75, 3.05) is 23.9 Å². The smallest absolute Gasteiger partial charge is 0.263 e. The van der Waals surface area contributed by atoms with Crippen LogP contribution in [0.5, 0.6) is 5.75 Å². The van der Waals surface area contributed by atoms with Gasteiger partial charge in [0.2, 0.25) is 5.91 Å². The van der Waals surface area contributed by atoms with Gasteiger partial charge in [0.15, 0.2) is 12.1 Å². The van der Waals surface area contributed by atoms with Crippen LogP contribution in [0.1, 0.15) is 11.1 Å². The highest BCUT2D eigenvalue weighted by atomic mass is 35.5. The van der Waals surface area contributed by atoms with Crippen molar-refractivity contribution < 1.29 is 19.1 Å². The number of halogens is 1. The van der Waals surface area contributed by atoms with E-state index in [1.54, 1.807) is 12.1 Å². The molecule has 2 aromatic rings. The normalized spacial score (nSPS) is 19.7. The third kappa shape index (κ3) is 3.84. The Morgan fingerprint density at radius 1 is 1.13 bits per heavy atom. The van der Waals surface area contributed by atoms with E-state index in [0.717, 1.165) is 16.0 Å². The monoisotopic (exact) mass is 441 g/mol. The molecule has 2 aliphatic rings. The Bertz CT molecular complexity index is 1100. The van der Waals surface area contributed by atoms with E-state index in [4.69, 9.17) is 16.3 Å². The molecule has 4 rings (SSSR count). The van der Waals surface area contributed by atoms with Gasteiger partial charge in [0, 0.05) is 5.69 Å². The Kier molecular flexibility index (Phi) is 5.36. The van der Waals surface area contributed by atoms with E-state index in [1.165, 1.54) is 18.2 Å². The zero-order chi connectivity index (χ0) is 22.3. The highest BCUT2D eigenvalue weighted by Gasteiger charge is 2.55. The fourth-order valence-electron chi connectivity index (χ4n) is 3.80. The van der Waals surface area contributed by atoms with Crippen molar-refractivity contribution in [1.82, 2.24) is 5.01 Å². The summed E-state index contributed by atoms with van der Waals surface area (Å²) in [4.78, 5) is 39.4. The molecule has 0 aromatic heterocycles. The third-order valence-corrected chi connectivity index (χ3v) is 5.36. The molecule has 2 aliphatic heterocycles. The molecule has 0 bridgehead atoms. The van der Waals surface area contributed by atoms with Crippen LogP contribution in [0.2, 0.25) is 5.02 Å². The van der Waals surface area contributed by atoms with Gasteiger partial charge < -0.3 is 10.1 Å². The Balaban J connectivity index is 1.50. The molecule has 1 saturated heterocycles. The fourth-order valence-corrected chi connectivity index (χ4v) is 4.05. The van der Waals surface area contributed by atoms with Crippen LogP contribution < -0.4 is 15.0 Å². The van der Waals surface area contributed by atoms with Crippen molar-refractivity contribution in [1.29, 1.82) is 0 Å². The molecule has 160 valence electrons. The Labute approximate surface area is 183 Å². The number of rotatable bonds is 5. The second kappa shape index (κ2) is 7.99. The number of aryl methyl sites for hydroxylation is 2. The van der Waals surface area contributed by atoms with Gasteiger partial charge >= 0.3 is 0 Å². The number of hydrogen-bond donors (Lipinski definition) is 1. The Morgan fingerprint density at radius 2 is 1.84 bits per heavy atom. The van der Waals surface area contributed by atoms with Crippen molar-refractivity contribution in [2.45, 2.75) is 25.9 Å². The first kappa shape index (κ1) is 20.8. The first-order valence-electron chi connectivity index (χ1n) is 9.55. The molecule has 0 unspecified atom stereocenters. The van der Waals surface area contributed by atoms with Crippen molar-refractivity contribution in [3.8, 4) is 5.75 Å². The SMILES string of the molecule is COc1ccc(N2C(=O)[C@H]3N=NN(CC(=O)Nc4cc(C)cc(C)c4)[C@H]3C2=O)cc1Cl. The van der Waals surface area contributed by atoms with Gasteiger partial charge in [0.1, 0.15) is 12.3 Å². The van der Waals surface area contributed by atoms with E-state index in [0.29, 0.717) is 17.1 Å². The van der Waals surface area contributed by atoms with Crippen LogP contribution in [0, 0.1) is 13.8 Å². The van der Waals surface area contributed by atoms with Gasteiger partial charge in [0.05, 0.1) is 17.8 Å². The summed E-state index contributed by atoms with van der Waals surface area (Å²) in [5, 5.41) is 12.1. The molecule has 0 spiro atoms. The lowest BCUT2D eigenvalue weighted by atomic mass is 10.1. The van der Waals surface area contributed by atoms with Gasteiger partial charge in [-0.3, -0.25) is 19.4 Å². The average molecular weight is 442 g/mol. The van der Waals surface area contributed by atoms with Gasteiger partial charge in [-0.25, -0.2) is 4.90 Å². The van der Waals surface area contributed by atoms with E-state index < -0.39 is 23.9 Å². The molecule has 10 heteroatoms. The predicted octanol–water partition coefficient (Wildman–Crippen LogP) is 2.90. The number of benzene rings is 2. The summed E-state index contributed by atoms with van der Waals surface area (Å²) in [5.74, 6) is -0.970. The quantitative estimate of drug-likeness (QED) is 0.718. The number of anilines is 2. The molecule has 2 aromatic carbocycles. The molecular weight excluding hydrogens is 422 g/mol. The number of amides is 3. The van der Waals surface area contributed by atoms with Crippen molar-refractivity contribution >= 4 is 40.7 Å². The highest BCUT2D eigenvalue weighted by Crippen LogP contribution is 2.35. The van der Waals surface area contributed by atoms with Crippen molar-refractivity contribution in [3.63, 3.8) is 0 Å². The van der Waals surface area contributed by atoms with Crippen LogP contribution in [0.3, 0.4) is 0 Å². The molecule has 0 saturated carbocycles. The molecule has 2 atom stereocenters. The molecule has 3 amide bonds. The molecule has 9 nitrogen and oxygen atoms in total. The largest absolute Gasteiger partial charge is 0.495 e. The highest BCUT2D eigenvalue weighted by molar-refractivity contribution is 6.33. The molecule has 0 aliphatic carbocycles. The predicted molar refractivity (Wildman–Crippen MR) is 114 cm³/mol. The molecule has 0 radical (unpaired) electrons. The molecule has 1 N–H and O–H groups in total. The van der Waals surface area contributed by atoms with Crippen molar-refractivity contribution in [2.24, 2.45) is 10.3 Å². The number of fused-ring (bicyclic) bond motifs is 1. The number of ether oxygens (including phenoxy) is 1. The topological polar surface area (TPSA) is 104 Å². The number of hydrogen-bond acceptors (Lipinski definition) is 7. The van der Waals surface area contributed by atoms with Crippen molar-refractivity contribution in [3.05, 3.63) is 52.5 Å². The molecule has 2 heterocycles. The van der Waals surface area contributed by atoms with Crippen LogP contribution in [-0.4, -0.2) is 48.5 Å². The maximum absolute atomic E-state index is 13.0. The minimum absolute atomic E-state index is 0.214. The summed E-state index contributed by atoms with van der Waals surface area (Å²) in [6.07, 6.45) is 0. The first-order valence-corrected chi connectivity index (χ1v) is 9.93. The second-order valence-electron chi connectivity index (χ2n) is 7.45. The lowest BCUT2D eigenvalue weighted by Gasteiger charge is -2.20. The van der Waals surface area contributed by atoms with E-state index in [1.807, 2.05) is 32.0 Å². The first-order chi connectivity index (χ1) is 14.8. The molecule has 1 fully saturated rings. The summed E-state index contributed by atoms with van der Waals surface area (Å²) >= 11 is 6.14. The summed E-state index contributed by atoms with van der Waals surface area (Å²) in [6.45, 7) is 3.66. The lowest BCUT2D eigenvalue weighted by Crippen LogP contribution is -2.43. The van der Waals surface area contributed by atoms with Gasteiger partial charge in [-0.05, 0) is 55.3 Å². The van der Waals surface area contributed by atoms with Gasteiger partial charge in [-0.2, -0.15) is 5.11 Å². The number of methoxy groups -OCH3 is 1. The van der Waals surface area contributed by atoms with Gasteiger partial charge in [-0.1, -0.05) is 22.9 Å². The van der Waals surface area contributed by atoms with E-state index in [9.17, 15) is 14.4 Å². The number of nitrogens with zero attached hydrogens (tertiary/aromatic N) is 4. The summed E-state index contributed by atoms with van der Waals surface area (Å²) < 4.78 is 5.11. The lowest BCUT2D eigenvalue weighted by molar-refractivity contribution is -0.123. The maximum atomic E-state index is 13.0. The summed E-state index contributed by atoms with van der Waals surface area (Å²) in [6, 6.07) is 8.33. The maximum Gasteiger partial charge on any atom is 0.263 e. The zero-order valence-electron chi connectivity index (χ0n) is 17.1. The number of imide groups is 1. The Hall–Kier alpha value is -3.46. The van der Waals surface area contributed by atoms with E-state index in [-0.39, 0.29) is 17.5 Å². The zero-order valence-corrected chi connectivity index (χ0v) is 17.9. The summed E-state index contributed by atoms with van der Waals surface area (Å²) in [7, 11) is 1.47.